The van der Waals surface area contributed by atoms with E-state index in [0.717, 1.165) is 0 Å². The van der Waals surface area contributed by atoms with Crippen molar-refractivity contribution in [2.75, 3.05) is 5.32 Å². The third-order valence-corrected chi connectivity index (χ3v) is 2.89. The minimum absolute atomic E-state index is 0.00710. The predicted molar refractivity (Wildman–Crippen MR) is 74.6 cm³/mol. The molecule has 0 bridgehead atoms. The van der Waals surface area contributed by atoms with Crippen molar-refractivity contribution >= 4 is 40.9 Å². The molecule has 2 nitrogen and oxygen atoms in total. The largest absolute Gasteiger partial charge is 0.344 e. The molecule has 0 heterocycles. The Kier molecular flexibility index (Phi) is 4.35. The number of halogens is 4. The Morgan fingerprint density at radius 1 is 0.947 bits per heavy atom. The third kappa shape index (κ3) is 3.22. The fourth-order valence-electron chi connectivity index (χ4n) is 1.38. The molecule has 0 atom stereocenters. The van der Waals surface area contributed by atoms with Crippen molar-refractivity contribution in [3.8, 4) is 0 Å². The number of anilines is 1. The second-order valence-electron chi connectivity index (χ2n) is 3.58. The lowest BCUT2D eigenvalue weighted by Gasteiger charge is -2.03. The van der Waals surface area contributed by atoms with Gasteiger partial charge >= 0.3 is 0 Å². The zero-order valence-electron chi connectivity index (χ0n) is 9.50. The number of hydrogen-bond acceptors (Lipinski definition) is 1. The van der Waals surface area contributed by atoms with Crippen LogP contribution in [0, 0.1) is 11.6 Å². The predicted octanol–water partition coefficient (Wildman–Crippen LogP) is 5.04. The molecule has 2 aromatic carbocycles. The number of benzene rings is 2. The molecule has 2 aromatic rings. The standard InChI is InChI=1S/C13H8Cl2F2N2/c14-8-3-1-5-10(12(8)16)18-7-19-11-6-2-4-9(15)13(11)17/h1-7H,(H,18,19). The smallest absolute Gasteiger partial charge is 0.167 e. The molecule has 19 heavy (non-hydrogen) atoms. The van der Waals surface area contributed by atoms with Gasteiger partial charge in [-0.05, 0) is 24.3 Å². The highest BCUT2D eigenvalue weighted by Gasteiger charge is 2.05. The molecule has 0 aliphatic rings. The fourth-order valence-corrected chi connectivity index (χ4v) is 1.72. The number of rotatable bonds is 3. The molecule has 0 spiro atoms. The van der Waals surface area contributed by atoms with Crippen LogP contribution in [0.2, 0.25) is 10.0 Å². The van der Waals surface area contributed by atoms with Crippen molar-refractivity contribution in [3.05, 3.63) is 58.1 Å². The molecule has 1 N–H and O–H groups in total. The highest BCUT2D eigenvalue weighted by molar-refractivity contribution is 6.31. The van der Waals surface area contributed by atoms with Crippen molar-refractivity contribution in [3.63, 3.8) is 0 Å². The number of nitrogens with zero attached hydrogens (tertiary/aromatic N) is 1. The Hall–Kier alpha value is -1.65. The van der Waals surface area contributed by atoms with Gasteiger partial charge in [0.05, 0.1) is 22.1 Å². The minimum atomic E-state index is -0.631. The molecular formula is C13H8Cl2F2N2. The Labute approximate surface area is 118 Å². The van der Waals surface area contributed by atoms with Crippen LogP contribution >= 0.6 is 23.2 Å². The van der Waals surface area contributed by atoms with E-state index in [1.165, 1.54) is 30.6 Å². The van der Waals surface area contributed by atoms with Gasteiger partial charge in [0.2, 0.25) is 0 Å². The van der Waals surface area contributed by atoms with Crippen molar-refractivity contribution in [1.82, 2.24) is 0 Å². The maximum atomic E-state index is 13.5. The Balaban J connectivity index is 2.16. The summed E-state index contributed by atoms with van der Waals surface area (Å²) in [6.45, 7) is 0. The van der Waals surface area contributed by atoms with Gasteiger partial charge in [0.15, 0.2) is 11.6 Å². The first-order valence-corrected chi connectivity index (χ1v) is 6.02. The summed E-state index contributed by atoms with van der Waals surface area (Å²) in [4.78, 5) is 3.83. The Morgan fingerprint density at radius 2 is 1.58 bits per heavy atom. The summed E-state index contributed by atoms with van der Waals surface area (Å²) in [5.74, 6) is -1.23. The molecule has 0 saturated carbocycles. The summed E-state index contributed by atoms with van der Waals surface area (Å²) >= 11 is 11.2. The second kappa shape index (κ2) is 5.99. The van der Waals surface area contributed by atoms with E-state index in [1.807, 2.05) is 0 Å². The van der Waals surface area contributed by atoms with E-state index in [2.05, 4.69) is 10.3 Å². The molecule has 0 fully saturated rings. The van der Waals surface area contributed by atoms with E-state index in [-0.39, 0.29) is 21.4 Å². The van der Waals surface area contributed by atoms with E-state index in [0.29, 0.717) is 0 Å². The molecule has 0 amide bonds. The van der Waals surface area contributed by atoms with Gasteiger partial charge in [-0.15, -0.1) is 0 Å². The summed E-state index contributed by atoms with van der Waals surface area (Å²) in [6.07, 6.45) is 1.17. The van der Waals surface area contributed by atoms with Crippen molar-refractivity contribution in [2.45, 2.75) is 0 Å². The van der Waals surface area contributed by atoms with Crippen LogP contribution in [-0.2, 0) is 0 Å². The van der Waals surface area contributed by atoms with Crippen LogP contribution in [0.4, 0.5) is 20.2 Å². The van der Waals surface area contributed by atoms with Gasteiger partial charge in [-0.2, -0.15) is 0 Å². The molecule has 0 aliphatic carbocycles. The summed E-state index contributed by atoms with van der Waals surface area (Å²) < 4.78 is 27.0. The van der Waals surface area contributed by atoms with Crippen LogP contribution in [0.3, 0.4) is 0 Å². The lowest BCUT2D eigenvalue weighted by molar-refractivity contribution is 0.630. The minimum Gasteiger partial charge on any atom is -0.344 e. The molecule has 6 heteroatoms. The topological polar surface area (TPSA) is 24.4 Å². The SMILES string of the molecule is Fc1c(Cl)cccc1/N=C/Nc1cccc(Cl)c1F. The molecule has 0 radical (unpaired) electrons. The van der Waals surface area contributed by atoms with E-state index >= 15 is 0 Å². The highest BCUT2D eigenvalue weighted by atomic mass is 35.5. The quantitative estimate of drug-likeness (QED) is 0.623. The van der Waals surface area contributed by atoms with Crippen molar-refractivity contribution in [1.29, 1.82) is 0 Å². The van der Waals surface area contributed by atoms with Crippen LogP contribution in [0.1, 0.15) is 0 Å². The van der Waals surface area contributed by atoms with Crippen LogP contribution in [0.5, 0.6) is 0 Å². The summed E-state index contributed by atoms with van der Waals surface area (Å²) in [6, 6.07) is 8.94. The van der Waals surface area contributed by atoms with Crippen LogP contribution < -0.4 is 5.32 Å². The van der Waals surface area contributed by atoms with Gasteiger partial charge in [-0.3, -0.25) is 0 Å². The third-order valence-electron chi connectivity index (χ3n) is 2.31. The van der Waals surface area contributed by atoms with Gasteiger partial charge in [-0.1, -0.05) is 35.3 Å². The molecule has 0 unspecified atom stereocenters. The molecular weight excluding hydrogens is 293 g/mol. The maximum absolute atomic E-state index is 13.5. The van der Waals surface area contributed by atoms with Crippen molar-refractivity contribution < 1.29 is 8.78 Å². The van der Waals surface area contributed by atoms with E-state index in [9.17, 15) is 8.78 Å². The van der Waals surface area contributed by atoms with E-state index in [1.54, 1.807) is 12.1 Å². The monoisotopic (exact) mass is 300 g/mol. The van der Waals surface area contributed by atoms with Gasteiger partial charge < -0.3 is 5.32 Å². The van der Waals surface area contributed by atoms with Crippen LogP contribution in [-0.4, -0.2) is 6.34 Å². The zero-order chi connectivity index (χ0) is 13.8. The van der Waals surface area contributed by atoms with Crippen molar-refractivity contribution in [2.24, 2.45) is 4.99 Å². The average Bonchev–Trinajstić information content (AvgIpc) is 2.39. The second-order valence-corrected chi connectivity index (χ2v) is 4.39. The van der Waals surface area contributed by atoms with E-state index < -0.39 is 11.6 Å². The lowest BCUT2D eigenvalue weighted by atomic mass is 10.3. The molecule has 98 valence electrons. The normalized spacial score (nSPS) is 10.9. The molecule has 2 rings (SSSR count). The van der Waals surface area contributed by atoms with Gasteiger partial charge in [-0.25, -0.2) is 13.8 Å². The Bertz CT molecular complexity index is 630. The maximum Gasteiger partial charge on any atom is 0.167 e. The van der Waals surface area contributed by atoms with Gasteiger partial charge in [0, 0.05) is 0 Å². The summed E-state index contributed by atoms with van der Waals surface area (Å²) in [7, 11) is 0. The summed E-state index contributed by atoms with van der Waals surface area (Å²) in [5, 5.41) is 2.56. The average molecular weight is 301 g/mol. The van der Waals surface area contributed by atoms with Crippen LogP contribution in [0.15, 0.2) is 41.4 Å². The lowest BCUT2D eigenvalue weighted by Crippen LogP contribution is -1.97. The van der Waals surface area contributed by atoms with Gasteiger partial charge in [0.1, 0.15) is 5.69 Å². The number of hydrogen-bond donors (Lipinski definition) is 1. The van der Waals surface area contributed by atoms with E-state index in [4.69, 9.17) is 23.2 Å². The number of nitrogens with one attached hydrogen (secondary N) is 1. The van der Waals surface area contributed by atoms with Gasteiger partial charge in [0.25, 0.3) is 0 Å². The number of aliphatic imine (C=N–C) groups is 1. The molecule has 0 saturated heterocycles. The Morgan fingerprint density at radius 3 is 2.32 bits per heavy atom. The molecule has 0 aliphatic heterocycles. The fraction of sp³-hybridized carbons (Fsp3) is 0. The first-order valence-electron chi connectivity index (χ1n) is 5.26. The zero-order valence-corrected chi connectivity index (χ0v) is 11.0. The van der Waals surface area contributed by atoms with Crippen LogP contribution in [0.25, 0.3) is 0 Å². The first-order chi connectivity index (χ1) is 9.09. The summed E-state index contributed by atoms with van der Waals surface area (Å²) in [5.41, 5.74) is 0.209. The molecule has 0 aromatic heterocycles. The first kappa shape index (κ1) is 13.8. The highest BCUT2D eigenvalue weighted by Crippen LogP contribution is 2.24.